The molecular weight excluding hydrogens is 459 g/mol. The predicted molar refractivity (Wildman–Crippen MR) is 114 cm³/mol. The average molecular weight is 487 g/mol. The van der Waals surface area contributed by atoms with Crippen molar-refractivity contribution in [1.29, 1.82) is 0 Å². The van der Waals surface area contributed by atoms with Crippen LogP contribution in [0.5, 0.6) is 17.2 Å². The summed E-state index contributed by atoms with van der Waals surface area (Å²) >= 11 is 0. The molecule has 34 heavy (non-hydrogen) atoms. The Labute approximate surface area is 194 Å². The van der Waals surface area contributed by atoms with E-state index in [0.29, 0.717) is 17.7 Å². The first-order chi connectivity index (χ1) is 15.9. The SMILES string of the molecule is COc1cc(C(=O)N[C@@]2(C(F)(F)F)NC(=O)N([C@@H]3CCC[C@@H](C)[C@H]3C)C2=O)cc(OC)c1OC. The van der Waals surface area contributed by atoms with Crippen molar-refractivity contribution in [2.45, 2.75) is 51.0 Å². The number of hydrogen-bond donors (Lipinski definition) is 2. The highest BCUT2D eigenvalue weighted by Crippen LogP contribution is 2.41. The number of carbonyl (C=O) groups excluding carboxylic acids is 3. The Hall–Kier alpha value is -3.18. The van der Waals surface area contributed by atoms with Crippen LogP contribution in [0.25, 0.3) is 0 Å². The van der Waals surface area contributed by atoms with Crippen LogP contribution in [0.3, 0.4) is 0 Å². The third-order valence-electron chi connectivity index (χ3n) is 6.70. The minimum atomic E-state index is -5.31. The molecule has 2 N–H and O–H groups in total. The molecule has 0 aromatic heterocycles. The van der Waals surface area contributed by atoms with Crippen molar-refractivity contribution in [3.63, 3.8) is 0 Å². The number of ether oxygens (including phenoxy) is 3. The van der Waals surface area contributed by atoms with Crippen LogP contribution in [0, 0.1) is 11.8 Å². The number of rotatable bonds is 6. The molecule has 188 valence electrons. The van der Waals surface area contributed by atoms with Gasteiger partial charge in [0.2, 0.25) is 5.75 Å². The summed E-state index contributed by atoms with van der Waals surface area (Å²) in [6.07, 6.45) is -3.40. The lowest BCUT2D eigenvalue weighted by atomic mass is 9.77. The van der Waals surface area contributed by atoms with E-state index in [1.807, 2.05) is 6.92 Å². The highest BCUT2D eigenvalue weighted by atomic mass is 19.4. The molecule has 0 unspecified atom stereocenters. The van der Waals surface area contributed by atoms with Crippen molar-refractivity contribution in [3.8, 4) is 17.2 Å². The molecule has 9 nitrogen and oxygen atoms in total. The van der Waals surface area contributed by atoms with E-state index < -0.39 is 35.7 Å². The lowest BCUT2D eigenvalue weighted by Crippen LogP contribution is -2.69. The Kier molecular flexibility index (Phi) is 6.90. The molecule has 1 aliphatic heterocycles. The highest BCUT2D eigenvalue weighted by molar-refractivity contribution is 6.10. The topological polar surface area (TPSA) is 106 Å². The van der Waals surface area contributed by atoms with Gasteiger partial charge < -0.3 is 19.5 Å². The number of urea groups is 1. The Morgan fingerprint density at radius 2 is 1.68 bits per heavy atom. The van der Waals surface area contributed by atoms with Crippen LogP contribution in [0.15, 0.2) is 12.1 Å². The molecular formula is C22H28F3N3O6. The summed E-state index contributed by atoms with van der Waals surface area (Å²) in [7, 11) is 3.88. The molecule has 1 saturated heterocycles. The third kappa shape index (κ3) is 4.09. The van der Waals surface area contributed by atoms with Crippen molar-refractivity contribution in [2.24, 2.45) is 11.8 Å². The lowest BCUT2D eigenvalue weighted by Gasteiger charge is -2.38. The first-order valence-corrected chi connectivity index (χ1v) is 10.8. The largest absolute Gasteiger partial charge is 0.493 e. The van der Waals surface area contributed by atoms with Crippen molar-refractivity contribution in [3.05, 3.63) is 17.7 Å². The molecule has 4 amide bonds. The van der Waals surface area contributed by atoms with Crippen molar-refractivity contribution in [2.75, 3.05) is 21.3 Å². The van der Waals surface area contributed by atoms with Gasteiger partial charge in [0.1, 0.15) is 0 Å². The Morgan fingerprint density at radius 3 is 2.18 bits per heavy atom. The van der Waals surface area contributed by atoms with Gasteiger partial charge >= 0.3 is 12.2 Å². The molecule has 3 rings (SSSR count). The van der Waals surface area contributed by atoms with Gasteiger partial charge in [0.05, 0.1) is 21.3 Å². The summed E-state index contributed by atoms with van der Waals surface area (Å²) in [5.74, 6) is -2.71. The van der Waals surface area contributed by atoms with E-state index in [1.165, 1.54) is 21.3 Å². The lowest BCUT2D eigenvalue weighted by molar-refractivity contribution is -0.201. The van der Waals surface area contributed by atoms with Gasteiger partial charge in [0.25, 0.3) is 17.5 Å². The fourth-order valence-electron chi connectivity index (χ4n) is 4.57. The first-order valence-electron chi connectivity index (χ1n) is 10.8. The van der Waals surface area contributed by atoms with Crippen LogP contribution < -0.4 is 24.8 Å². The van der Waals surface area contributed by atoms with E-state index >= 15 is 0 Å². The van der Waals surface area contributed by atoms with E-state index in [0.717, 1.165) is 18.6 Å². The molecule has 0 radical (unpaired) electrons. The van der Waals surface area contributed by atoms with E-state index in [2.05, 4.69) is 0 Å². The minimum Gasteiger partial charge on any atom is -0.493 e. The Bertz CT molecular complexity index is 960. The summed E-state index contributed by atoms with van der Waals surface area (Å²) in [5.41, 5.74) is -3.90. The normalized spacial score (nSPS) is 27.3. The maximum Gasteiger partial charge on any atom is 0.440 e. The molecule has 0 bridgehead atoms. The van der Waals surface area contributed by atoms with Gasteiger partial charge in [0, 0.05) is 11.6 Å². The first kappa shape index (κ1) is 25.4. The number of hydrogen-bond acceptors (Lipinski definition) is 6. The van der Waals surface area contributed by atoms with E-state index in [-0.39, 0.29) is 34.6 Å². The molecule has 12 heteroatoms. The van der Waals surface area contributed by atoms with E-state index in [9.17, 15) is 27.6 Å². The number of carbonyl (C=O) groups is 3. The quantitative estimate of drug-likeness (QED) is 0.598. The average Bonchev–Trinajstić information content (AvgIpc) is 3.04. The number of amides is 4. The number of imide groups is 1. The van der Waals surface area contributed by atoms with Gasteiger partial charge in [-0.1, -0.05) is 26.7 Å². The summed E-state index contributed by atoms with van der Waals surface area (Å²) in [5, 5.41) is 3.44. The maximum absolute atomic E-state index is 14.3. The Balaban J connectivity index is 2.00. The second kappa shape index (κ2) is 9.22. The number of nitrogens with one attached hydrogen (secondary N) is 2. The fraction of sp³-hybridized carbons (Fsp3) is 0.591. The zero-order chi connectivity index (χ0) is 25.4. The maximum atomic E-state index is 14.3. The van der Waals surface area contributed by atoms with E-state index in [1.54, 1.807) is 17.6 Å². The summed E-state index contributed by atoms with van der Waals surface area (Å²) < 4.78 is 58.3. The number of alkyl halides is 3. The Morgan fingerprint density at radius 1 is 1.09 bits per heavy atom. The molecule has 0 spiro atoms. The number of nitrogens with zero attached hydrogens (tertiary/aromatic N) is 1. The van der Waals surface area contributed by atoms with Gasteiger partial charge in [0.15, 0.2) is 11.5 Å². The third-order valence-corrected chi connectivity index (χ3v) is 6.70. The zero-order valence-corrected chi connectivity index (χ0v) is 19.5. The number of benzene rings is 1. The van der Waals surface area contributed by atoms with Crippen LogP contribution >= 0.6 is 0 Å². The number of methoxy groups -OCH3 is 3. The molecule has 4 atom stereocenters. The zero-order valence-electron chi connectivity index (χ0n) is 19.5. The van der Waals surface area contributed by atoms with Crippen molar-refractivity contribution >= 4 is 17.8 Å². The van der Waals surface area contributed by atoms with Crippen LogP contribution in [-0.4, -0.2) is 62.0 Å². The smallest absolute Gasteiger partial charge is 0.440 e. The van der Waals surface area contributed by atoms with Gasteiger partial charge in [-0.2, -0.15) is 13.2 Å². The van der Waals surface area contributed by atoms with Crippen molar-refractivity contribution < 1.29 is 41.8 Å². The van der Waals surface area contributed by atoms with Gasteiger partial charge in [-0.05, 0) is 30.4 Å². The van der Waals surface area contributed by atoms with Gasteiger partial charge in [-0.15, -0.1) is 0 Å². The van der Waals surface area contributed by atoms with Gasteiger partial charge in [-0.25, -0.2) is 4.79 Å². The number of halogens is 3. The van der Waals surface area contributed by atoms with Crippen LogP contribution in [0.2, 0.25) is 0 Å². The standard InChI is InChI=1S/C22H28F3N3O6/c1-11-7-6-8-14(12(11)2)28-19(30)21(22(23,24)25,27-20(28)31)26-18(29)13-9-15(32-3)17(34-5)16(10-13)33-4/h9-12,14H,6-8H2,1-5H3,(H,26,29)(H,27,31)/t11-,12-,14-,21-/m1/s1. The summed E-state index contributed by atoms with van der Waals surface area (Å²) in [6.45, 7) is 3.73. The molecule has 1 heterocycles. The van der Waals surface area contributed by atoms with Crippen molar-refractivity contribution in [1.82, 2.24) is 15.5 Å². The molecule has 1 aliphatic carbocycles. The second-order valence-corrected chi connectivity index (χ2v) is 8.56. The van der Waals surface area contributed by atoms with E-state index in [4.69, 9.17) is 14.2 Å². The minimum absolute atomic E-state index is 0.0292. The van der Waals surface area contributed by atoms with Gasteiger partial charge in [-0.3, -0.25) is 19.8 Å². The van der Waals surface area contributed by atoms with Crippen LogP contribution in [0.1, 0.15) is 43.5 Å². The fourth-order valence-corrected chi connectivity index (χ4v) is 4.57. The molecule has 2 aliphatic rings. The molecule has 1 aromatic rings. The highest BCUT2D eigenvalue weighted by Gasteiger charge is 2.70. The monoisotopic (exact) mass is 487 g/mol. The summed E-state index contributed by atoms with van der Waals surface area (Å²) in [4.78, 5) is 39.4. The molecule has 1 saturated carbocycles. The summed E-state index contributed by atoms with van der Waals surface area (Å²) in [6, 6.07) is 0.382. The predicted octanol–water partition coefficient (Wildman–Crippen LogP) is 3.08. The molecule has 2 fully saturated rings. The van der Waals surface area contributed by atoms with Crippen LogP contribution in [0.4, 0.5) is 18.0 Å². The second-order valence-electron chi connectivity index (χ2n) is 8.56. The van der Waals surface area contributed by atoms with Crippen LogP contribution in [-0.2, 0) is 4.79 Å². The molecule has 1 aromatic carbocycles.